The van der Waals surface area contributed by atoms with Gasteiger partial charge in [0.25, 0.3) is 5.56 Å². The predicted molar refractivity (Wildman–Crippen MR) is 105 cm³/mol. The standard InChI is InChI=1S/C18H19N3O2S2/c1-10-5-6-13(11(2)9-10)19-16(22)12(3)25-18-20-14-7-8-24-15(14)17(23)21(18)4/h5-9,12H,1-4H3,(H,19,22). The lowest BCUT2D eigenvalue weighted by Gasteiger charge is -2.15. The van der Waals surface area contributed by atoms with Crippen LogP contribution in [0.1, 0.15) is 18.1 Å². The molecule has 0 saturated heterocycles. The molecule has 0 aliphatic heterocycles. The minimum atomic E-state index is -0.380. The summed E-state index contributed by atoms with van der Waals surface area (Å²) in [7, 11) is 1.69. The molecule has 1 unspecified atom stereocenters. The van der Waals surface area contributed by atoms with Crippen molar-refractivity contribution in [3.05, 3.63) is 51.1 Å². The van der Waals surface area contributed by atoms with Gasteiger partial charge < -0.3 is 5.32 Å². The van der Waals surface area contributed by atoms with Crippen molar-refractivity contribution in [2.24, 2.45) is 7.05 Å². The van der Waals surface area contributed by atoms with Crippen molar-refractivity contribution < 1.29 is 4.79 Å². The molecule has 1 N–H and O–H groups in total. The van der Waals surface area contributed by atoms with E-state index < -0.39 is 0 Å². The van der Waals surface area contributed by atoms with Crippen LogP contribution >= 0.6 is 23.1 Å². The van der Waals surface area contributed by atoms with Gasteiger partial charge in [0.2, 0.25) is 5.91 Å². The summed E-state index contributed by atoms with van der Waals surface area (Å²) < 4.78 is 2.14. The predicted octanol–water partition coefficient (Wildman–Crippen LogP) is 3.73. The third kappa shape index (κ3) is 3.62. The van der Waals surface area contributed by atoms with Crippen molar-refractivity contribution in [2.45, 2.75) is 31.2 Å². The first-order valence-electron chi connectivity index (χ1n) is 7.86. The first-order chi connectivity index (χ1) is 11.9. The Kier molecular flexibility index (Phi) is 4.96. The number of nitrogens with one attached hydrogen (secondary N) is 1. The Balaban J connectivity index is 1.79. The Labute approximate surface area is 154 Å². The maximum Gasteiger partial charge on any atom is 0.271 e. The van der Waals surface area contributed by atoms with Crippen molar-refractivity contribution in [1.82, 2.24) is 9.55 Å². The van der Waals surface area contributed by atoms with E-state index in [2.05, 4.69) is 10.3 Å². The first-order valence-corrected chi connectivity index (χ1v) is 9.61. The zero-order valence-electron chi connectivity index (χ0n) is 14.5. The zero-order chi connectivity index (χ0) is 18.1. The fourth-order valence-corrected chi connectivity index (χ4v) is 4.15. The topological polar surface area (TPSA) is 64.0 Å². The summed E-state index contributed by atoms with van der Waals surface area (Å²) in [6.07, 6.45) is 0. The average Bonchev–Trinajstić information content (AvgIpc) is 3.03. The zero-order valence-corrected chi connectivity index (χ0v) is 16.1. The van der Waals surface area contributed by atoms with Gasteiger partial charge in [-0.05, 0) is 43.8 Å². The van der Waals surface area contributed by atoms with Crippen LogP contribution in [0.2, 0.25) is 0 Å². The van der Waals surface area contributed by atoms with Gasteiger partial charge >= 0.3 is 0 Å². The quantitative estimate of drug-likeness (QED) is 0.559. The van der Waals surface area contributed by atoms with E-state index in [0.717, 1.165) is 16.8 Å². The number of carbonyl (C=O) groups excluding carboxylic acids is 1. The number of fused-ring (bicyclic) bond motifs is 1. The summed E-state index contributed by atoms with van der Waals surface area (Å²) in [6.45, 7) is 5.80. The second-order valence-corrected chi connectivity index (χ2v) is 8.19. The highest BCUT2D eigenvalue weighted by Crippen LogP contribution is 2.25. The molecule has 0 bridgehead atoms. The number of nitrogens with zero attached hydrogens (tertiary/aromatic N) is 2. The summed E-state index contributed by atoms with van der Waals surface area (Å²) in [5.74, 6) is -0.114. The molecule has 5 nitrogen and oxygen atoms in total. The van der Waals surface area contributed by atoms with Crippen molar-refractivity contribution in [3.8, 4) is 0 Å². The average molecular weight is 374 g/mol. The van der Waals surface area contributed by atoms with Gasteiger partial charge in [-0.2, -0.15) is 0 Å². The number of anilines is 1. The Hall–Kier alpha value is -2.12. The van der Waals surface area contributed by atoms with Gasteiger partial charge in [0.15, 0.2) is 5.16 Å². The molecule has 0 fully saturated rings. The van der Waals surface area contributed by atoms with Crippen LogP contribution in [0.3, 0.4) is 0 Å². The summed E-state index contributed by atoms with van der Waals surface area (Å²) in [4.78, 5) is 29.4. The van der Waals surface area contributed by atoms with E-state index in [9.17, 15) is 9.59 Å². The summed E-state index contributed by atoms with van der Waals surface area (Å²) >= 11 is 2.67. The number of carbonyl (C=O) groups is 1. The minimum Gasteiger partial charge on any atom is -0.325 e. The van der Waals surface area contributed by atoms with E-state index in [0.29, 0.717) is 15.4 Å². The monoisotopic (exact) mass is 373 g/mol. The number of rotatable bonds is 4. The van der Waals surface area contributed by atoms with Gasteiger partial charge in [0.1, 0.15) is 4.70 Å². The molecule has 1 atom stereocenters. The Morgan fingerprint density at radius 3 is 2.80 bits per heavy atom. The van der Waals surface area contributed by atoms with Gasteiger partial charge in [-0.15, -0.1) is 11.3 Å². The van der Waals surface area contributed by atoms with E-state index in [1.165, 1.54) is 27.7 Å². The van der Waals surface area contributed by atoms with Crippen molar-refractivity contribution in [3.63, 3.8) is 0 Å². The molecule has 0 aliphatic rings. The van der Waals surface area contributed by atoms with Crippen LogP contribution in [0.5, 0.6) is 0 Å². The molecule has 2 heterocycles. The first kappa shape index (κ1) is 17.7. The van der Waals surface area contributed by atoms with Crippen molar-refractivity contribution >= 4 is 44.9 Å². The van der Waals surface area contributed by atoms with Gasteiger partial charge in [-0.3, -0.25) is 14.2 Å². The van der Waals surface area contributed by atoms with Crippen LogP contribution in [0.4, 0.5) is 5.69 Å². The Morgan fingerprint density at radius 1 is 1.32 bits per heavy atom. The number of benzene rings is 1. The lowest BCUT2D eigenvalue weighted by Crippen LogP contribution is -2.25. The number of hydrogen-bond acceptors (Lipinski definition) is 5. The Bertz CT molecular complexity index is 1010. The van der Waals surface area contributed by atoms with E-state index in [1.807, 2.05) is 50.4 Å². The van der Waals surface area contributed by atoms with Crippen LogP contribution < -0.4 is 10.9 Å². The van der Waals surface area contributed by atoms with Gasteiger partial charge in [-0.1, -0.05) is 29.5 Å². The highest BCUT2D eigenvalue weighted by molar-refractivity contribution is 8.00. The molecule has 1 aromatic carbocycles. The van der Waals surface area contributed by atoms with Gasteiger partial charge in [0, 0.05) is 12.7 Å². The van der Waals surface area contributed by atoms with Gasteiger partial charge in [-0.25, -0.2) is 4.98 Å². The maximum absolute atomic E-state index is 12.5. The number of hydrogen-bond donors (Lipinski definition) is 1. The number of thioether (sulfide) groups is 1. The van der Waals surface area contributed by atoms with E-state index >= 15 is 0 Å². The summed E-state index contributed by atoms with van der Waals surface area (Å²) in [5.41, 5.74) is 3.58. The fourth-order valence-electron chi connectivity index (χ4n) is 2.47. The van der Waals surface area contributed by atoms with Crippen LogP contribution in [0.25, 0.3) is 10.2 Å². The van der Waals surface area contributed by atoms with Crippen LogP contribution in [-0.4, -0.2) is 20.7 Å². The smallest absolute Gasteiger partial charge is 0.271 e. The second-order valence-electron chi connectivity index (χ2n) is 5.96. The largest absolute Gasteiger partial charge is 0.325 e. The van der Waals surface area contributed by atoms with Crippen LogP contribution in [0, 0.1) is 13.8 Å². The third-order valence-electron chi connectivity index (χ3n) is 3.94. The molecule has 130 valence electrons. The normalized spacial score (nSPS) is 12.3. The Morgan fingerprint density at radius 2 is 2.08 bits per heavy atom. The third-order valence-corrected chi connectivity index (χ3v) is 5.97. The lowest BCUT2D eigenvalue weighted by molar-refractivity contribution is -0.115. The SMILES string of the molecule is Cc1ccc(NC(=O)C(C)Sc2nc3ccsc3c(=O)n2C)c(C)c1. The molecule has 3 aromatic rings. The highest BCUT2D eigenvalue weighted by atomic mass is 32.2. The molecule has 7 heteroatoms. The highest BCUT2D eigenvalue weighted by Gasteiger charge is 2.19. The molecular weight excluding hydrogens is 354 g/mol. The molecule has 25 heavy (non-hydrogen) atoms. The molecule has 3 rings (SSSR count). The number of amides is 1. The second kappa shape index (κ2) is 7.01. The van der Waals surface area contributed by atoms with E-state index in [-0.39, 0.29) is 16.7 Å². The molecule has 0 radical (unpaired) electrons. The van der Waals surface area contributed by atoms with Gasteiger partial charge in [0.05, 0.1) is 10.8 Å². The number of aromatic nitrogens is 2. The molecule has 2 aromatic heterocycles. The maximum atomic E-state index is 12.5. The van der Waals surface area contributed by atoms with Crippen LogP contribution in [0.15, 0.2) is 39.6 Å². The van der Waals surface area contributed by atoms with E-state index in [1.54, 1.807) is 7.05 Å². The molecular formula is C18H19N3O2S2. The number of thiophene rings is 1. The molecule has 1 amide bonds. The van der Waals surface area contributed by atoms with Crippen molar-refractivity contribution in [1.29, 1.82) is 0 Å². The molecule has 0 saturated carbocycles. The lowest BCUT2D eigenvalue weighted by atomic mass is 10.1. The number of aryl methyl sites for hydroxylation is 2. The fraction of sp³-hybridized carbons (Fsp3) is 0.278. The molecule has 0 aliphatic carbocycles. The van der Waals surface area contributed by atoms with Crippen LogP contribution in [-0.2, 0) is 11.8 Å². The molecule has 0 spiro atoms. The summed E-state index contributed by atoms with van der Waals surface area (Å²) in [5, 5.41) is 4.96. The minimum absolute atomic E-state index is 0.0792. The summed E-state index contributed by atoms with van der Waals surface area (Å²) in [6, 6.07) is 7.73. The van der Waals surface area contributed by atoms with Crippen molar-refractivity contribution in [2.75, 3.05) is 5.32 Å². The van der Waals surface area contributed by atoms with E-state index in [4.69, 9.17) is 0 Å².